The maximum atomic E-state index is 5.43. The quantitative estimate of drug-likeness (QED) is 0.331. The van der Waals surface area contributed by atoms with Crippen LogP contribution in [0.3, 0.4) is 0 Å². The first-order valence-corrected chi connectivity index (χ1v) is 7.48. The zero-order valence-corrected chi connectivity index (χ0v) is 12.5. The molecule has 104 valence electrons. The molecule has 0 bridgehead atoms. The van der Waals surface area contributed by atoms with Crippen molar-refractivity contribution in [1.82, 2.24) is 0 Å². The topological polar surface area (TPSA) is 9.23 Å². The van der Waals surface area contributed by atoms with Gasteiger partial charge < -0.3 is 4.74 Å². The van der Waals surface area contributed by atoms with Crippen LogP contribution in [0.2, 0.25) is 0 Å². The minimum atomic E-state index is 0.941. The van der Waals surface area contributed by atoms with E-state index in [4.69, 9.17) is 4.74 Å². The summed E-state index contributed by atoms with van der Waals surface area (Å²) in [5, 5.41) is 0. The van der Waals surface area contributed by atoms with E-state index in [9.17, 15) is 0 Å². The molecule has 0 atom stereocenters. The van der Waals surface area contributed by atoms with E-state index in [1.807, 2.05) is 6.92 Å². The van der Waals surface area contributed by atoms with Crippen molar-refractivity contribution in [3.8, 4) is 0 Å². The molecule has 0 heterocycles. The molecular formula is C16H34O. The smallest absolute Gasteiger partial charge is 0.0466 e. The van der Waals surface area contributed by atoms with Gasteiger partial charge in [-0.2, -0.15) is 0 Å². The van der Waals surface area contributed by atoms with Crippen molar-refractivity contribution in [2.24, 2.45) is 0 Å². The fourth-order valence-corrected chi connectivity index (χ4v) is 1.58. The van der Waals surface area contributed by atoms with Crippen LogP contribution in [0.1, 0.15) is 78.6 Å². The van der Waals surface area contributed by atoms with Crippen LogP contribution < -0.4 is 0 Å². The first-order chi connectivity index (χ1) is 8.33. The molecule has 0 N–H and O–H groups in total. The summed E-state index contributed by atoms with van der Waals surface area (Å²) >= 11 is 0. The SMILES string of the molecule is C=CC.CCCCCCCCCCOCCC. The molecule has 17 heavy (non-hydrogen) atoms. The van der Waals surface area contributed by atoms with Gasteiger partial charge >= 0.3 is 0 Å². The Hall–Kier alpha value is -0.300. The Morgan fingerprint density at radius 2 is 1.24 bits per heavy atom. The zero-order chi connectivity index (χ0) is 13.2. The van der Waals surface area contributed by atoms with Crippen LogP contribution >= 0.6 is 0 Å². The van der Waals surface area contributed by atoms with E-state index in [1.165, 1.54) is 51.4 Å². The highest BCUT2D eigenvalue weighted by Crippen LogP contribution is 2.08. The fourth-order valence-electron chi connectivity index (χ4n) is 1.58. The van der Waals surface area contributed by atoms with Gasteiger partial charge in [-0.15, -0.1) is 6.58 Å². The Balaban J connectivity index is 0. The van der Waals surface area contributed by atoms with Gasteiger partial charge in [-0.3, -0.25) is 0 Å². The van der Waals surface area contributed by atoms with E-state index in [0.29, 0.717) is 0 Å². The predicted octanol–water partition coefficient (Wildman–Crippen LogP) is 5.75. The lowest BCUT2D eigenvalue weighted by molar-refractivity contribution is 0.130. The fraction of sp³-hybridized carbons (Fsp3) is 0.875. The lowest BCUT2D eigenvalue weighted by Crippen LogP contribution is -1.95. The summed E-state index contributed by atoms with van der Waals surface area (Å²) in [7, 11) is 0. The highest BCUT2D eigenvalue weighted by molar-refractivity contribution is 4.51. The highest BCUT2D eigenvalue weighted by Gasteiger charge is 1.91. The normalized spacial score (nSPS) is 9.59. The lowest BCUT2D eigenvalue weighted by Gasteiger charge is -2.02. The number of allylic oxidation sites excluding steroid dienone is 1. The van der Waals surface area contributed by atoms with Crippen LogP contribution in [0, 0.1) is 0 Å². The van der Waals surface area contributed by atoms with E-state index < -0.39 is 0 Å². The Labute approximate surface area is 110 Å². The zero-order valence-electron chi connectivity index (χ0n) is 12.5. The molecule has 0 fully saturated rings. The number of rotatable bonds is 11. The molecule has 0 saturated carbocycles. The van der Waals surface area contributed by atoms with Crippen molar-refractivity contribution in [3.05, 3.63) is 12.7 Å². The predicted molar refractivity (Wildman–Crippen MR) is 79.6 cm³/mol. The van der Waals surface area contributed by atoms with Gasteiger partial charge in [-0.1, -0.05) is 64.9 Å². The molecule has 0 saturated heterocycles. The lowest BCUT2D eigenvalue weighted by atomic mass is 10.1. The molecule has 1 nitrogen and oxygen atoms in total. The first kappa shape index (κ1) is 19.0. The van der Waals surface area contributed by atoms with Crippen LogP contribution in [0.4, 0.5) is 0 Å². The summed E-state index contributed by atoms with van der Waals surface area (Å²) in [6.07, 6.45) is 14.0. The molecule has 0 aromatic carbocycles. The van der Waals surface area contributed by atoms with Crippen molar-refractivity contribution >= 4 is 0 Å². The second-order valence-electron chi connectivity index (χ2n) is 4.50. The van der Waals surface area contributed by atoms with Gasteiger partial charge in [0.2, 0.25) is 0 Å². The molecule has 0 spiro atoms. The van der Waals surface area contributed by atoms with E-state index in [0.717, 1.165) is 19.6 Å². The van der Waals surface area contributed by atoms with Gasteiger partial charge in [0.25, 0.3) is 0 Å². The monoisotopic (exact) mass is 242 g/mol. The minimum Gasteiger partial charge on any atom is -0.381 e. The van der Waals surface area contributed by atoms with Gasteiger partial charge in [0, 0.05) is 13.2 Å². The van der Waals surface area contributed by atoms with Crippen LogP contribution in [-0.4, -0.2) is 13.2 Å². The maximum absolute atomic E-state index is 5.43. The summed E-state index contributed by atoms with van der Waals surface area (Å²) in [6.45, 7) is 11.6. The number of hydrogen-bond donors (Lipinski definition) is 0. The average molecular weight is 242 g/mol. The van der Waals surface area contributed by atoms with Crippen LogP contribution in [-0.2, 0) is 4.74 Å². The number of ether oxygens (including phenoxy) is 1. The van der Waals surface area contributed by atoms with Gasteiger partial charge in [0.1, 0.15) is 0 Å². The number of hydrogen-bond acceptors (Lipinski definition) is 1. The van der Waals surface area contributed by atoms with Gasteiger partial charge in [-0.25, -0.2) is 0 Å². The standard InChI is InChI=1S/C13H28O.C3H6/c1-3-5-6-7-8-9-10-11-13-14-12-4-2;1-3-2/h3-13H2,1-2H3;3H,1H2,2H3. The second-order valence-corrected chi connectivity index (χ2v) is 4.50. The number of unbranched alkanes of at least 4 members (excludes halogenated alkanes) is 7. The Morgan fingerprint density at radius 1 is 0.765 bits per heavy atom. The highest BCUT2D eigenvalue weighted by atomic mass is 16.5. The van der Waals surface area contributed by atoms with Crippen molar-refractivity contribution in [3.63, 3.8) is 0 Å². The third kappa shape index (κ3) is 25.7. The van der Waals surface area contributed by atoms with Gasteiger partial charge in [0.05, 0.1) is 0 Å². The Morgan fingerprint density at radius 3 is 1.71 bits per heavy atom. The summed E-state index contributed by atoms with van der Waals surface area (Å²) in [4.78, 5) is 0. The summed E-state index contributed by atoms with van der Waals surface area (Å²) < 4.78 is 5.43. The Bertz CT molecular complexity index is 109. The summed E-state index contributed by atoms with van der Waals surface area (Å²) in [6, 6.07) is 0. The average Bonchev–Trinajstić information content (AvgIpc) is 2.33. The van der Waals surface area contributed by atoms with Gasteiger partial charge in [-0.05, 0) is 19.8 Å². The summed E-state index contributed by atoms with van der Waals surface area (Å²) in [5.41, 5.74) is 0. The van der Waals surface area contributed by atoms with Gasteiger partial charge in [0.15, 0.2) is 0 Å². The molecule has 0 radical (unpaired) electrons. The first-order valence-electron chi connectivity index (χ1n) is 7.48. The molecule has 0 aliphatic carbocycles. The van der Waals surface area contributed by atoms with Crippen molar-refractivity contribution < 1.29 is 4.74 Å². The molecule has 0 amide bonds. The third-order valence-corrected chi connectivity index (χ3v) is 2.49. The molecular weight excluding hydrogens is 208 g/mol. The molecule has 0 unspecified atom stereocenters. The molecule has 0 aliphatic rings. The molecule has 1 heteroatoms. The van der Waals surface area contributed by atoms with Crippen LogP contribution in [0.15, 0.2) is 12.7 Å². The molecule has 0 aromatic rings. The van der Waals surface area contributed by atoms with Crippen molar-refractivity contribution in [1.29, 1.82) is 0 Å². The van der Waals surface area contributed by atoms with E-state index in [2.05, 4.69) is 20.4 Å². The molecule has 0 rings (SSSR count). The van der Waals surface area contributed by atoms with Crippen molar-refractivity contribution in [2.45, 2.75) is 78.6 Å². The third-order valence-electron chi connectivity index (χ3n) is 2.49. The van der Waals surface area contributed by atoms with E-state index in [1.54, 1.807) is 6.08 Å². The summed E-state index contributed by atoms with van der Waals surface area (Å²) in [5.74, 6) is 0. The van der Waals surface area contributed by atoms with Crippen LogP contribution in [0.5, 0.6) is 0 Å². The molecule has 0 aliphatic heterocycles. The second kappa shape index (κ2) is 21.0. The minimum absolute atomic E-state index is 0.941. The van der Waals surface area contributed by atoms with E-state index >= 15 is 0 Å². The molecule has 0 aromatic heterocycles. The van der Waals surface area contributed by atoms with Crippen molar-refractivity contribution in [2.75, 3.05) is 13.2 Å². The largest absolute Gasteiger partial charge is 0.381 e. The maximum Gasteiger partial charge on any atom is 0.0466 e. The van der Waals surface area contributed by atoms with Crippen LogP contribution in [0.25, 0.3) is 0 Å². The Kier molecular flexibility index (Phi) is 23.6. The van der Waals surface area contributed by atoms with E-state index in [-0.39, 0.29) is 0 Å².